The van der Waals surface area contributed by atoms with E-state index in [0.717, 1.165) is 18.4 Å². The molecule has 1 amide bonds. The second-order valence-corrected chi connectivity index (χ2v) is 6.18. The zero-order valence-corrected chi connectivity index (χ0v) is 13.6. The quantitative estimate of drug-likeness (QED) is 0.813. The predicted molar refractivity (Wildman–Crippen MR) is 85.5 cm³/mol. The van der Waals surface area contributed by atoms with Crippen molar-refractivity contribution in [3.63, 3.8) is 0 Å². The van der Waals surface area contributed by atoms with Crippen LogP contribution >= 0.6 is 11.6 Å². The summed E-state index contributed by atoms with van der Waals surface area (Å²) in [5.74, 6) is 0.0665. The molecule has 120 valence electrons. The highest BCUT2D eigenvalue weighted by molar-refractivity contribution is 6.31. The standard InChI is InChI=1S/C17H22ClNO3/c1-22-17(21)11-15(13-8-4-5-9-14(13)18)19-16(20)10-12-6-2-3-7-12/h4-5,8-9,12,15H,2-3,6-7,10-11H2,1H3,(H,19,20). The van der Waals surface area contributed by atoms with Crippen molar-refractivity contribution in [1.29, 1.82) is 0 Å². The van der Waals surface area contributed by atoms with E-state index in [-0.39, 0.29) is 18.3 Å². The van der Waals surface area contributed by atoms with Gasteiger partial charge < -0.3 is 10.1 Å². The molecule has 1 aromatic rings. The summed E-state index contributed by atoms with van der Waals surface area (Å²) in [7, 11) is 1.34. The van der Waals surface area contributed by atoms with Gasteiger partial charge in [-0.2, -0.15) is 0 Å². The first-order chi connectivity index (χ1) is 10.6. The van der Waals surface area contributed by atoms with E-state index < -0.39 is 6.04 Å². The molecule has 0 radical (unpaired) electrons. The summed E-state index contributed by atoms with van der Waals surface area (Å²) in [4.78, 5) is 23.9. The topological polar surface area (TPSA) is 55.4 Å². The fourth-order valence-corrected chi connectivity index (χ4v) is 3.24. The molecule has 1 aliphatic rings. The number of methoxy groups -OCH3 is 1. The van der Waals surface area contributed by atoms with Gasteiger partial charge in [-0.05, 0) is 30.4 Å². The molecule has 0 aromatic heterocycles. The number of carbonyl (C=O) groups is 2. The lowest BCUT2D eigenvalue weighted by molar-refractivity contribution is -0.141. The number of carbonyl (C=O) groups excluding carboxylic acids is 2. The summed E-state index contributed by atoms with van der Waals surface area (Å²) in [6.45, 7) is 0. The van der Waals surface area contributed by atoms with Crippen molar-refractivity contribution in [3.05, 3.63) is 34.9 Å². The molecule has 0 heterocycles. The van der Waals surface area contributed by atoms with E-state index in [1.807, 2.05) is 18.2 Å². The van der Waals surface area contributed by atoms with E-state index in [4.69, 9.17) is 16.3 Å². The lowest BCUT2D eigenvalue weighted by atomic mass is 10.0. The minimum absolute atomic E-state index is 0.0271. The van der Waals surface area contributed by atoms with E-state index in [1.165, 1.54) is 20.0 Å². The molecule has 0 saturated heterocycles. The maximum absolute atomic E-state index is 12.3. The van der Waals surface area contributed by atoms with Gasteiger partial charge in [0.2, 0.25) is 5.91 Å². The second-order valence-electron chi connectivity index (χ2n) is 5.78. The monoisotopic (exact) mass is 323 g/mol. The number of halogens is 1. The van der Waals surface area contributed by atoms with Crippen molar-refractivity contribution in [3.8, 4) is 0 Å². The number of hydrogen-bond acceptors (Lipinski definition) is 3. The van der Waals surface area contributed by atoms with Crippen LogP contribution in [0.2, 0.25) is 5.02 Å². The molecule has 1 saturated carbocycles. The molecule has 1 N–H and O–H groups in total. The van der Waals surface area contributed by atoms with Gasteiger partial charge in [0.15, 0.2) is 0 Å². The van der Waals surface area contributed by atoms with Crippen LogP contribution in [0.4, 0.5) is 0 Å². The van der Waals surface area contributed by atoms with E-state index in [9.17, 15) is 9.59 Å². The summed E-state index contributed by atoms with van der Waals surface area (Å²) >= 11 is 6.20. The second kappa shape index (κ2) is 8.18. The largest absolute Gasteiger partial charge is 0.469 e. The average molecular weight is 324 g/mol. The number of benzene rings is 1. The Bertz CT molecular complexity index is 526. The van der Waals surface area contributed by atoms with Gasteiger partial charge in [0, 0.05) is 11.4 Å². The normalized spacial score (nSPS) is 16.3. The highest BCUT2D eigenvalue weighted by atomic mass is 35.5. The number of nitrogens with one attached hydrogen (secondary N) is 1. The van der Waals surface area contributed by atoms with Gasteiger partial charge >= 0.3 is 5.97 Å². The molecular weight excluding hydrogens is 302 g/mol. The van der Waals surface area contributed by atoms with Gasteiger partial charge in [-0.15, -0.1) is 0 Å². The third-order valence-electron chi connectivity index (χ3n) is 4.16. The van der Waals surface area contributed by atoms with Gasteiger partial charge in [0.25, 0.3) is 0 Å². The van der Waals surface area contributed by atoms with Crippen LogP contribution in [-0.2, 0) is 14.3 Å². The van der Waals surface area contributed by atoms with Gasteiger partial charge in [-0.25, -0.2) is 0 Å². The maximum atomic E-state index is 12.3. The fraction of sp³-hybridized carbons (Fsp3) is 0.529. The molecule has 22 heavy (non-hydrogen) atoms. The van der Waals surface area contributed by atoms with E-state index >= 15 is 0 Å². The van der Waals surface area contributed by atoms with Gasteiger partial charge in [0.05, 0.1) is 19.6 Å². The Hall–Kier alpha value is -1.55. The molecule has 1 unspecified atom stereocenters. The first-order valence-electron chi connectivity index (χ1n) is 7.70. The van der Waals surface area contributed by atoms with E-state index in [2.05, 4.69) is 5.32 Å². The minimum atomic E-state index is -0.449. The molecule has 2 rings (SSSR count). The molecule has 5 heteroatoms. The summed E-state index contributed by atoms with van der Waals surface area (Å²) < 4.78 is 4.72. The van der Waals surface area contributed by atoms with Crippen LogP contribution in [0.5, 0.6) is 0 Å². The van der Waals surface area contributed by atoms with Crippen LogP contribution in [0.25, 0.3) is 0 Å². The number of rotatable bonds is 6. The average Bonchev–Trinajstić information content (AvgIpc) is 2.99. The summed E-state index contributed by atoms with van der Waals surface area (Å²) in [6.07, 6.45) is 5.23. The zero-order chi connectivity index (χ0) is 15.9. The van der Waals surface area contributed by atoms with Crippen LogP contribution in [0, 0.1) is 5.92 Å². The van der Waals surface area contributed by atoms with Crippen LogP contribution in [0.1, 0.15) is 50.1 Å². The molecule has 4 nitrogen and oxygen atoms in total. The Balaban J connectivity index is 2.05. The maximum Gasteiger partial charge on any atom is 0.307 e. The molecule has 1 atom stereocenters. The van der Waals surface area contributed by atoms with Gasteiger partial charge in [-0.1, -0.05) is 42.6 Å². The first-order valence-corrected chi connectivity index (χ1v) is 8.08. The number of amides is 1. The van der Waals surface area contributed by atoms with Gasteiger partial charge in [0.1, 0.15) is 0 Å². The highest BCUT2D eigenvalue weighted by Crippen LogP contribution is 2.29. The van der Waals surface area contributed by atoms with E-state index in [0.29, 0.717) is 17.4 Å². The van der Waals surface area contributed by atoms with Crippen LogP contribution in [0.15, 0.2) is 24.3 Å². The third-order valence-corrected chi connectivity index (χ3v) is 4.51. The van der Waals surface area contributed by atoms with Crippen molar-refractivity contribution in [2.75, 3.05) is 7.11 Å². The van der Waals surface area contributed by atoms with Crippen LogP contribution in [-0.4, -0.2) is 19.0 Å². The number of ether oxygens (including phenoxy) is 1. The van der Waals surface area contributed by atoms with Crippen molar-refractivity contribution in [2.24, 2.45) is 5.92 Å². The summed E-state index contributed by atoms with van der Waals surface area (Å²) in [5.41, 5.74) is 0.745. The molecule has 1 aromatic carbocycles. The SMILES string of the molecule is COC(=O)CC(NC(=O)CC1CCCC1)c1ccccc1Cl. The number of esters is 1. The molecule has 0 aliphatic heterocycles. The molecule has 1 fully saturated rings. The lowest BCUT2D eigenvalue weighted by Gasteiger charge is -2.20. The predicted octanol–water partition coefficient (Wildman–Crippen LogP) is 3.64. The van der Waals surface area contributed by atoms with Crippen molar-refractivity contribution in [2.45, 2.75) is 44.6 Å². The van der Waals surface area contributed by atoms with Crippen molar-refractivity contribution >= 4 is 23.5 Å². The first kappa shape index (κ1) is 16.8. The van der Waals surface area contributed by atoms with Crippen molar-refractivity contribution in [1.82, 2.24) is 5.32 Å². The van der Waals surface area contributed by atoms with Crippen LogP contribution < -0.4 is 5.32 Å². The Morgan fingerprint density at radius 1 is 1.32 bits per heavy atom. The fourth-order valence-electron chi connectivity index (χ4n) is 2.98. The zero-order valence-electron chi connectivity index (χ0n) is 12.8. The Morgan fingerprint density at radius 2 is 2.00 bits per heavy atom. The lowest BCUT2D eigenvalue weighted by Crippen LogP contribution is -2.31. The Labute approximate surface area is 136 Å². The third kappa shape index (κ3) is 4.73. The minimum Gasteiger partial charge on any atom is -0.469 e. The van der Waals surface area contributed by atoms with Crippen molar-refractivity contribution < 1.29 is 14.3 Å². The summed E-state index contributed by atoms with van der Waals surface area (Å²) in [5, 5.41) is 3.48. The Kier molecular flexibility index (Phi) is 6.25. The Morgan fingerprint density at radius 3 is 2.64 bits per heavy atom. The molecule has 0 bridgehead atoms. The summed E-state index contributed by atoms with van der Waals surface area (Å²) in [6, 6.07) is 6.79. The van der Waals surface area contributed by atoms with Gasteiger partial charge in [-0.3, -0.25) is 9.59 Å². The smallest absolute Gasteiger partial charge is 0.307 e. The van der Waals surface area contributed by atoms with E-state index in [1.54, 1.807) is 6.07 Å². The number of hydrogen-bond donors (Lipinski definition) is 1. The molecule has 0 spiro atoms. The molecular formula is C17H22ClNO3. The van der Waals surface area contributed by atoms with Crippen LogP contribution in [0.3, 0.4) is 0 Å². The highest BCUT2D eigenvalue weighted by Gasteiger charge is 2.23. The molecule has 1 aliphatic carbocycles.